The second-order valence-corrected chi connectivity index (χ2v) is 9.87. The highest BCUT2D eigenvalue weighted by Gasteiger charge is 2.20. The van der Waals surface area contributed by atoms with E-state index < -0.39 is 10.1 Å². The Bertz CT molecular complexity index is 1070. The number of H-pyrrole nitrogens is 1. The Kier molecular flexibility index (Phi) is 6.44. The fourth-order valence-corrected chi connectivity index (χ4v) is 4.91. The number of unbranched alkanes of at least 4 members (excludes halogenated alkanes) is 1. The number of nitrogens with zero attached hydrogens (tertiary/aromatic N) is 1. The molecule has 30 heavy (non-hydrogen) atoms. The highest BCUT2D eigenvalue weighted by atomic mass is 32.2. The van der Waals surface area contributed by atoms with Gasteiger partial charge in [-0.15, -0.1) is 0 Å². The Balaban J connectivity index is 1.25. The van der Waals surface area contributed by atoms with Gasteiger partial charge in [-0.25, -0.2) is 0 Å². The fourth-order valence-electron chi connectivity index (χ4n) is 4.46. The fraction of sp³-hybridized carbons (Fsp3) is 0.417. The lowest BCUT2D eigenvalue weighted by Gasteiger charge is -2.32. The van der Waals surface area contributed by atoms with Crippen molar-refractivity contribution in [1.82, 2.24) is 9.88 Å². The zero-order valence-corrected chi connectivity index (χ0v) is 18.3. The van der Waals surface area contributed by atoms with E-state index in [0.717, 1.165) is 36.5 Å². The lowest BCUT2D eigenvalue weighted by molar-refractivity contribution is 0.209. The van der Waals surface area contributed by atoms with Crippen LogP contribution < -0.4 is 4.18 Å². The third kappa shape index (κ3) is 5.43. The molecule has 0 unspecified atom stereocenters. The number of aromatic nitrogens is 1. The van der Waals surface area contributed by atoms with Gasteiger partial charge in [-0.2, -0.15) is 8.42 Å². The van der Waals surface area contributed by atoms with Crippen molar-refractivity contribution in [3.05, 3.63) is 65.9 Å². The van der Waals surface area contributed by atoms with E-state index in [9.17, 15) is 8.42 Å². The van der Waals surface area contributed by atoms with Crippen LogP contribution in [-0.4, -0.2) is 44.2 Å². The minimum atomic E-state index is -3.51. The first-order chi connectivity index (χ1) is 14.5. The molecular weight excluding hydrogens is 396 g/mol. The van der Waals surface area contributed by atoms with Gasteiger partial charge in [0.25, 0.3) is 0 Å². The second-order valence-electron chi connectivity index (χ2n) is 8.29. The minimum Gasteiger partial charge on any atom is -0.383 e. The maximum atomic E-state index is 11.4. The molecule has 0 aliphatic carbocycles. The van der Waals surface area contributed by atoms with E-state index in [4.69, 9.17) is 4.18 Å². The average molecular weight is 427 g/mol. The number of nitrogens with one attached hydrogen (secondary N) is 1. The molecule has 1 aromatic heterocycles. The van der Waals surface area contributed by atoms with Gasteiger partial charge in [0.05, 0.1) is 6.26 Å². The number of aromatic amines is 1. The summed E-state index contributed by atoms with van der Waals surface area (Å²) in [5.74, 6) is 1.07. The smallest absolute Gasteiger partial charge is 0.306 e. The summed E-state index contributed by atoms with van der Waals surface area (Å²) in [6.45, 7) is 3.50. The van der Waals surface area contributed by atoms with Crippen LogP contribution in [0, 0.1) is 0 Å². The molecule has 0 bridgehead atoms. The van der Waals surface area contributed by atoms with Crippen LogP contribution in [0.15, 0.2) is 54.7 Å². The van der Waals surface area contributed by atoms with Crippen molar-refractivity contribution in [3.8, 4) is 5.75 Å². The van der Waals surface area contributed by atoms with Crippen LogP contribution in [0.1, 0.15) is 42.7 Å². The SMILES string of the molecule is CS(=O)(=O)Oc1ccc2[nH]cc(CCCCN3CCC(c4ccccc4)CC3)c2c1. The zero-order valence-electron chi connectivity index (χ0n) is 17.5. The third-order valence-electron chi connectivity index (χ3n) is 6.02. The third-order valence-corrected chi connectivity index (χ3v) is 6.51. The van der Waals surface area contributed by atoms with Crippen LogP contribution in [0.2, 0.25) is 0 Å². The largest absolute Gasteiger partial charge is 0.383 e. The highest BCUT2D eigenvalue weighted by molar-refractivity contribution is 7.86. The molecule has 0 atom stereocenters. The lowest BCUT2D eigenvalue weighted by Crippen LogP contribution is -2.33. The second kappa shape index (κ2) is 9.23. The van der Waals surface area contributed by atoms with Gasteiger partial charge in [0.1, 0.15) is 5.75 Å². The van der Waals surface area contributed by atoms with Crippen LogP contribution in [-0.2, 0) is 16.5 Å². The van der Waals surface area contributed by atoms with Crippen LogP contribution >= 0.6 is 0 Å². The number of likely N-dealkylation sites (tertiary alicyclic amines) is 1. The van der Waals surface area contributed by atoms with Crippen LogP contribution in [0.25, 0.3) is 10.9 Å². The summed E-state index contributed by atoms with van der Waals surface area (Å²) in [5.41, 5.74) is 3.70. The maximum Gasteiger partial charge on any atom is 0.306 e. The summed E-state index contributed by atoms with van der Waals surface area (Å²) >= 11 is 0. The molecule has 6 heteroatoms. The number of fused-ring (bicyclic) bond motifs is 1. The summed E-state index contributed by atoms with van der Waals surface area (Å²) in [4.78, 5) is 5.86. The van der Waals surface area contributed by atoms with Crippen molar-refractivity contribution >= 4 is 21.0 Å². The number of hydrogen-bond donors (Lipinski definition) is 1. The Hall–Kier alpha value is -2.31. The predicted octanol–water partition coefficient (Wildman–Crippen LogP) is 4.71. The van der Waals surface area contributed by atoms with Crippen molar-refractivity contribution in [2.75, 3.05) is 25.9 Å². The molecule has 0 radical (unpaired) electrons. The van der Waals surface area contributed by atoms with E-state index in [1.165, 1.54) is 43.5 Å². The van der Waals surface area contributed by atoms with E-state index >= 15 is 0 Å². The molecule has 1 saturated heterocycles. The molecule has 4 rings (SSSR count). The number of benzene rings is 2. The van der Waals surface area contributed by atoms with Crippen molar-refractivity contribution in [2.24, 2.45) is 0 Å². The molecular formula is C24H30N2O3S. The van der Waals surface area contributed by atoms with Gasteiger partial charge in [-0.1, -0.05) is 30.3 Å². The summed E-state index contributed by atoms with van der Waals surface area (Å²) in [7, 11) is -3.51. The molecule has 0 spiro atoms. The Labute approximate surface area is 179 Å². The highest BCUT2D eigenvalue weighted by Crippen LogP contribution is 2.28. The van der Waals surface area contributed by atoms with E-state index in [2.05, 4.69) is 40.2 Å². The van der Waals surface area contributed by atoms with E-state index in [0.29, 0.717) is 11.7 Å². The number of rotatable bonds is 8. The van der Waals surface area contributed by atoms with E-state index in [1.54, 1.807) is 6.07 Å². The molecule has 1 aliphatic heterocycles. The Morgan fingerprint density at radius 1 is 1.07 bits per heavy atom. The van der Waals surface area contributed by atoms with Gasteiger partial charge in [-0.05, 0) is 87.0 Å². The normalized spacial score (nSPS) is 16.2. The summed E-state index contributed by atoms with van der Waals surface area (Å²) in [6, 6.07) is 16.3. The molecule has 0 amide bonds. The first-order valence-corrected chi connectivity index (χ1v) is 12.6. The molecule has 2 heterocycles. The van der Waals surface area contributed by atoms with Crippen molar-refractivity contribution in [3.63, 3.8) is 0 Å². The van der Waals surface area contributed by atoms with Gasteiger partial charge >= 0.3 is 10.1 Å². The molecule has 1 aliphatic rings. The summed E-state index contributed by atoms with van der Waals surface area (Å²) in [5, 5.41) is 1.04. The first-order valence-electron chi connectivity index (χ1n) is 10.7. The number of aryl methyl sites for hydroxylation is 1. The average Bonchev–Trinajstić information content (AvgIpc) is 3.13. The van der Waals surface area contributed by atoms with Gasteiger partial charge in [0, 0.05) is 17.1 Å². The van der Waals surface area contributed by atoms with E-state index in [1.807, 2.05) is 18.3 Å². The zero-order chi connectivity index (χ0) is 21.0. The standard InChI is InChI=1S/C24H30N2O3S/c1-30(27,28)29-22-10-11-24-23(17-22)21(18-25-24)9-5-6-14-26-15-12-20(13-16-26)19-7-3-2-4-8-19/h2-4,7-8,10-11,17-18,20,25H,5-6,9,12-16H2,1H3. The quantitative estimate of drug-likeness (QED) is 0.419. The summed E-state index contributed by atoms with van der Waals surface area (Å²) in [6.07, 6.45) is 8.84. The molecule has 5 nitrogen and oxygen atoms in total. The summed E-state index contributed by atoms with van der Waals surface area (Å²) < 4.78 is 27.8. The maximum absolute atomic E-state index is 11.4. The topological polar surface area (TPSA) is 62.4 Å². The molecule has 1 N–H and O–H groups in total. The van der Waals surface area contributed by atoms with Crippen LogP contribution in [0.4, 0.5) is 0 Å². The Morgan fingerprint density at radius 3 is 2.57 bits per heavy atom. The van der Waals surface area contributed by atoms with Crippen molar-refractivity contribution in [2.45, 2.75) is 38.0 Å². The molecule has 160 valence electrons. The Morgan fingerprint density at radius 2 is 1.83 bits per heavy atom. The number of hydrogen-bond acceptors (Lipinski definition) is 4. The van der Waals surface area contributed by atoms with Crippen LogP contribution in [0.5, 0.6) is 5.75 Å². The van der Waals surface area contributed by atoms with Gasteiger partial charge < -0.3 is 14.1 Å². The lowest BCUT2D eigenvalue weighted by atomic mass is 9.89. The molecule has 2 aromatic carbocycles. The van der Waals surface area contributed by atoms with Crippen molar-refractivity contribution in [1.29, 1.82) is 0 Å². The first kappa shape index (κ1) is 20.9. The van der Waals surface area contributed by atoms with Gasteiger partial charge in [-0.3, -0.25) is 0 Å². The molecule has 3 aromatic rings. The van der Waals surface area contributed by atoms with Gasteiger partial charge in [0.2, 0.25) is 0 Å². The predicted molar refractivity (Wildman–Crippen MR) is 122 cm³/mol. The molecule has 0 saturated carbocycles. The van der Waals surface area contributed by atoms with Crippen molar-refractivity contribution < 1.29 is 12.6 Å². The minimum absolute atomic E-state index is 0.368. The monoisotopic (exact) mass is 426 g/mol. The van der Waals surface area contributed by atoms with Crippen LogP contribution in [0.3, 0.4) is 0 Å². The molecule has 1 fully saturated rings. The van der Waals surface area contributed by atoms with E-state index in [-0.39, 0.29) is 0 Å². The number of piperidine rings is 1. The van der Waals surface area contributed by atoms with Gasteiger partial charge in [0.15, 0.2) is 0 Å².